The molecule has 0 radical (unpaired) electrons. The molecule has 2 unspecified atom stereocenters. The fourth-order valence-electron chi connectivity index (χ4n) is 0.520. The zero-order valence-electron chi connectivity index (χ0n) is 6.51. The van der Waals surface area contributed by atoms with Gasteiger partial charge in [0.1, 0.15) is 0 Å². The average molecular weight is 185 g/mol. The van der Waals surface area contributed by atoms with Gasteiger partial charge in [0.05, 0.1) is 5.92 Å². The van der Waals surface area contributed by atoms with E-state index in [0.717, 1.165) is 13.8 Å². The van der Waals surface area contributed by atoms with Crippen molar-refractivity contribution in [3.63, 3.8) is 0 Å². The lowest BCUT2D eigenvalue weighted by atomic mass is 10.1. The Kier molecular flexibility index (Phi) is 3.36. The Morgan fingerprint density at radius 2 is 1.83 bits per heavy atom. The molecule has 3 nitrogen and oxygen atoms in total. The van der Waals surface area contributed by atoms with Gasteiger partial charge >= 0.3 is 6.18 Å². The van der Waals surface area contributed by atoms with Crippen molar-refractivity contribution in [1.82, 2.24) is 0 Å². The molecule has 0 aliphatic heterocycles. The highest BCUT2D eigenvalue weighted by Crippen LogP contribution is 2.29. The summed E-state index contributed by atoms with van der Waals surface area (Å²) in [5.74, 6) is -1.82. The molecule has 0 bridgehead atoms. The predicted octanol–water partition coefficient (Wildman–Crippen LogP) is 0.933. The van der Waals surface area contributed by atoms with Gasteiger partial charge in [-0.25, -0.2) is 0 Å². The maximum atomic E-state index is 11.9. The van der Waals surface area contributed by atoms with Crippen LogP contribution < -0.4 is 5.11 Å². The fraction of sp³-hybridized carbons (Fsp3) is 0.833. The van der Waals surface area contributed by atoms with E-state index in [9.17, 15) is 23.1 Å². The molecule has 0 amide bonds. The lowest BCUT2D eigenvalue weighted by molar-refractivity contribution is -0.294. The van der Waals surface area contributed by atoms with E-state index in [1.807, 2.05) is 0 Å². The zero-order valence-corrected chi connectivity index (χ0v) is 6.51. The molecule has 6 heteroatoms. The molecule has 0 aliphatic carbocycles. The Labute approximate surface area is 67.1 Å². The number of ether oxygens (including phenoxy) is 1. The summed E-state index contributed by atoms with van der Waals surface area (Å²) < 4.78 is 39.4. The fourth-order valence-corrected chi connectivity index (χ4v) is 0.520. The number of halogens is 3. The van der Waals surface area contributed by atoms with Gasteiger partial charge in [-0.1, -0.05) is 6.92 Å². The second-order valence-electron chi connectivity index (χ2n) is 2.40. The predicted molar refractivity (Wildman–Crippen MR) is 31.2 cm³/mol. The van der Waals surface area contributed by atoms with Crippen LogP contribution in [0.25, 0.3) is 0 Å². The molecule has 72 valence electrons. The standard InChI is InChI=1S/C6H9F3O3/c1-3(6(7,8)9)4(2)12-5(10)11/h3-4H,1-2H3,(H,10,11)/p-1. The van der Waals surface area contributed by atoms with Crippen LogP contribution in [0.1, 0.15) is 13.8 Å². The van der Waals surface area contributed by atoms with E-state index in [4.69, 9.17) is 0 Å². The summed E-state index contributed by atoms with van der Waals surface area (Å²) in [7, 11) is 0. The third-order valence-corrected chi connectivity index (χ3v) is 1.50. The van der Waals surface area contributed by atoms with Gasteiger partial charge in [0.25, 0.3) is 6.16 Å². The smallest absolute Gasteiger partial charge is 0.393 e. The third kappa shape index (κ3) is 3.45. The van der Waals surface area contributed by atoms with Gasteiger partial charge in [0, 0.05) is 6.10 Å². The molecule has 0 spiro atoms. The van der Waals surface area contributed by atoms with Crippen molar-refractivity contribution in [3.8, 4) is 0 Å². The summed E-state index contributed by atoms with van der Waals surface area (Å²) in [6.45, 7) is 1.86. The second-order valence-corrected chi connectivity index (χ2v) is 2.40. The van der Waals surface area contributed by atoms with Gasteiger partial charge in [-0.2, -0.15) is 13.2 Å². The van der Waals surface area contributed by atoms with Crippen LogP contribution >= 0.6 is 0 Å². The number of hydrogen-bond acceptors (Lipinski definition) is 3. The molecule has 0 saturated carbocycles. The summed E-state index contributed by atoms with van der Waals surface area (Å²) in [5.41, 5.74) is 0. The van der Waals surface area contributed by atoms with Crippen LogP contribution in [0.2, 0.25) is 0 Å². The molecular weight excluding hydrogens is 177 g/mol. The van der Waals surface area contributed by atoms with Gasteiger partial charge in [-0.3, -0.25) is 0 Å². The number of alkyl halides is 3. The van der Waals surface area contributed by atoms with Crippen LogP contribution in [0, 0.1) is 5.92 Å². The molecule has 12 heavy (non-hydrogen) atoms. The maximum absolute atomic E-state index is 11.9. The van der Waals surface area contributed by atoms with Gasteiger partial charge in [-0.15, -0.1) is 0 Å². The summed E-state index contributed by atoms with van der Waals surface area (Å²) in [6, 6.07) is 0. The Hall–Kier alpha value is -0.940. The van der Waals surface area contributed by atoms with Crippen LogP contribution in [0.5, 0.6) is 0 Å². The SMILES string of the molecule is CC(OC(=O)[O-])C(C)C(F)(F)F. The topological polar surface area (TPSA) is 49.4 Å². The van der Waals surface area contributed by atoms with E-state index >= 15 is 0 Å². The van der Waals surface area contributed by atoms with E-state index in [-0.39, 0.29) is 0 Å². The number of hydrogen-bond donors (Lipinski definition) is 0. The summed E-state index contributed by atoms with van der Waals surface area (Å²) >= 11 is 0. The Morgan fingerprint density at radius 3 is 2.08 bits per heavy atom. The molecule has 0 aromatic carbocycles. The molecule has 0 aromatic heterocycles. The lowest BCUT2D eigenvalue weighted by Gasteiger charge is -2.25. The van der Waals surface area contributed by atoms with Crippen LogP contribution in [0.4, 0.5) is 18.0 Å². The van der Waals surface area contributed by atoms with Crippen LogP contribution in [-0.2, 0) is 4.74 Å². The minimum atomic E-state index is -4.45. The molecule has 0 aliphatic rings. The van der Waals surface area contributed by atoms with Crippen molar-refractivity contribution in [1.29, 1.82) is 0 Å². The van der Waals surface area contributed by atoms with Gasteiger partial charge in [0.2, 0.25) is 0 Å². The van der Waals surface area contributed by atoms with Crippen molar-refractivity contribution >= 4 is 6.16 Å². The number of carboxylic acid groups (broad SMARTS) is 1. The minimum Gasteiger partial charge on any atom is -0.546 e. The molecule has 0 N–H and O–H groups in total. The minimum absolute atomic E-state index is 0.841. The van der Waals surface area contributed by atoms with Crippen LogP contribution in [0.3, 0.4) is 0 Å². The zero-order chi connectivity index (χ0) is 9.94. The highest BCUT2D eigenvalue weighted by molar-refractivity contribution is 5.54. The lowest BCUT2D eigenvalue weighted by Crippen LogP contribution is -2.36. The molecule has 0 fully saturated rings. The summed E-state index contributed by atoms with van der Waals surface area (Å²) in [6.07, 6.45) is -7.83. The van der Waals surface area contributed by atoms with Gasteiger partial charge < -0.3 is 14.6 Å². The first kappa shape index (κ1) is 11.1. The van der Waals surface area contributed by atoms with Crippen molar-refractivity contribution in [3.05, 3.63) is 0 Å². The van der Waals surface area contributed by atoms with Crippen LogP contribution in [-0.4, -0.2) is 18.4 Å². The number of carbonyl (C=O) groups excluding carboxylic acids is 1. The van der Waals surface area contributed by atoms with E-state index in [1.165, 1.54) is 0 Å². The normalized spacial score (nSPS) is 16.8. The van der Waals surface area contributed by atoms with E-state index in [1.54, 1.807) is 0 Å². The largest absolute Gasteiger partial charge is 0.546 e. The monoisotopic (exact) mass is 185 g/mol. The Bertz CT molecular complexity index is 166. The molecule has 0 saturated heterocycles. The first-order valence-electron chi connectivity index (χ1n) is 3.19. The summed E-state index contributed by atoms with van der Waals surface area (Å²) in [5, 5.41) is 9.74. The molecule has 0 rings (SSSR count). The first-order chi connectivity index (χ1) is 5.25. The highest BCUT2D eigenvalue weighted by atomic mass is 19.4. The van der Waals surface area contributed by atoms with Gasteiger partial charge in [0.15, 0.2) is 0 Å². The number of rotatable bonds is 2. The molecular formula is C6H8F3O3-. The average Bonchev–Trinajstić information content (AvgIpc) is 1.82. The first-order valence-corrected chi connectivity index (χ1v) is 3.19. The van der Waals surface area contributed by atoms with Crippen molar-refractivity contribution in [2.75, 3.05) is 0 Å². The van der Waals surface area contributed by atoms with Crippen molar-refractivity contribution in [2.24, 2.45) is 5.92 Å². The number of carbonyl (C=O) groups is 1. The Balaban J connectivity index is 4.10. The van der Waals surface area contributed by atoms with E-state index in [2.05, 4.69) is 4.74 Å². The third-order valence-electron chi connectivity index (χ3n) is 1.50. The molecule has 0 heterocycles. The maximum Gasteiger partial charge on any atom is 0.393 e. The van der Waals surface area contributed by atoms with Crippen molar-refractivity contribution < 1.29 is 27.8 Å². The Morgan fingerprint density at radius 1 is 1.42 bits per heavy atom. The van der Waals surface area contributed by atoms with E-state index < -0.39 is 24.4 Å². The molecule has 2 atom stereocenters. The second kappa shape index (κ2) is 3.64. The highest BCUT2D eigenvalue weighted by Gasteiger charge is 2.39. The summed E-state index contributed by atoms with van der Waals surface area (Å²) in [4.78, 5) is 9.74. The van der Waals surface area contributed by atoms with Crippen molar-refractivity contribution in [2.45, 2.75) is 26.1 Å². The quantitative estimate of drug-likeness (QED) is 0.601. The van der Waals surface area contributed by atoms with Gasteiger partial charge in [-0.05, 0) is 6.92 Å². The van der Waals surface area contributed by atoms with E-state index in [0.29, 0.717) is 0 Å². The molecule has 0 aromatic rings. The van der Waals surface area contributed by atoms with Crippen LogP contribution in [0.15, 0.2) is 0 Å².